The molecule has 1 saturated carbocycles. The van der Waals surface area contributed by atoms with Crippen molar-refractivity contribution < 1.29 is 14.1 Å². The molecule has 24 heavy (non-hydrogen) atoms. The van der Waals surface area contributed by atoms with Crippen LogP contribution in [0.2, 0.25) is 5.02 Å². The molecule has 6 nitrogen and oxygen atoms in total. The van der Waals surface area contributed by atoms with Crippen molar-refractivity contribution in [1.29, 1.82) is 0 Å². The summed E-state index contributed by atoms with van der Waals surface area (Å²) in [6, 6.07) is 7.37. The van der Waals surface area contributed by atoms with Crippen molar-refractivity contribution in [2.24, 2.45) is 0 Å². The number of rotatable bonds is 5. The molecule has 2 aromatic rings. The fourth-order valence-electron chi connectivity index (χ4n) is 2.44. The van der Waals surface area contributed by atoms with E-state index < -0.39 is 0 Å². The monoisotopic (exact) mass is 347 g/mol. The van der Waals surface area contributed by atoms with E-state index in [1.807, 2.05) is 6.07 Å². The molecule has 0 spiro atoms. The summed E-state index contributed by atoms with van der Waals surface area (Å²) in [5.74, 6) is -0.0965. The zero-order valence-electron chi connectivity index (χ0n) is 13.5. The minimum Gasteiger partial charge on any atom is -0.360 e. The summed E-state index contributed by atoms with van der Waals surface area (Å²) in [6.45, 7) is 1.65. The lowest BCUT2D eigenvalue weighted by atomic mass is 10.1. The van der Waals surface area contributed by atoms with Crippen molar-refractivity contribution in [2.45, 2.75) is 25.8 Å². The van der Waals surface area contributed by atoms with Gasteiger partial charge in [-0.1, -0.05) is 35.0 Å². The van der Waals surface area contributed by atoms with Gasteiger partial charge in [0.15, 0.2) is 0 Å². The molecule has 3 rings (SSSR count). The number of aromatic nitrogens is 1. The Labute approximate surface area is 144 Å². The summed E-state index contributed by atoms with van der Waals surface area (Å²) in [5, 5.41) is 7.32. The highest BCUT2D eigenvalue weighted by Gasteiger charge is 2.28. The molecule has 0 radical (unpaired) electrons. The molecule has 2 amide bonds. The van der Waals surface area contributed by atoms with E-state index in [4.69, 9.17) is 16.1 Å². The number of benzene rings is 1. The second kappa shape index (κ2) is 6.65. The Balaban J connectivity index is 1.83. The van der Waals surface area contributed by atoms with Crippen LogP contribution >= 0.6 is 11.6 Å². The van der Waals surface area contributed by atoms with Crippen LogP contribution in [0.25, 0.3) is 11.3 Å². The van der Waals surface area contributed by atoms with Crippen molar-refractivity contribution in [3.05, 3.63) is 40.6 Å². The highest BCUT2D eigenvalue weighted by Crippen LogP contribution is 2.31. The molecule has 1 aromatic heterocycles. The molecule has 7 heteroatoms. The third-order valence-corrected chi connectivity index (χ3v) is 4.21. The topological polar surface area (TPSA) is 75.4 Å². The predicted molar refractivity (Wildman–Crippen MR) is 89.8 cm³/mol. The van der Waals surface area contributed by atoms with Crippen LogP contribution in [-0.2, 0) is 4.79 Å². The highest BCUT2D eigenvalue weighted by atomic mass is 35.5. The van der Waals surface area contributed by atoms with E-state index >= 15 is 0 Å². The van der Waals surface area contributed by atoms with Gasteiger partial charge < -0.3 is 14.7 Å². The van der Waals surface area contributed by atoms with E-state index in [1.54, 1.807) is 32.2 Å². The van der Waals surface area contributed by atoms with Crippen molar-refractivity contribution in [3.63, 3.8) is 0 Å². The minimum absolute atomic E-state index is 0.0120. The molecule has 1 fully saturated rings. The summed E-state index contributed by atoms with van der Waals surface area (Å²) >= 11 is 6.20. The Morgan fingerprint density at radius 2 is 2.08 bits per heavy atom. The number of aryl methyl sites for hydroxylation is 1. The Hall–Kier alpha value is -2.34. The number of nitrogens with zero attached hydrogens (tertiary/aromatic N) is 2. The zero-order valence-corrected chi connectivity index (χ0v) is 14.3. The predicted octanol–water partition coefficient (Wildman–Crippen LogP) is 2.65. The van der Waals surface area contributed by atoms with Gasteiger partial charge in [0.2, 0.25) is 5.91 Å². The molecule has 0 saturated heterocycles. The number of carbonyl (C=O) groups excluding carboxylic acids is 2. The molecule has 0 bridgehead atoms. The fraction of sp³-hybridized carbons (Fsp3) is 0.353. The minimum atomic E-state index is -0.324. The van der Waals surface area contributed by atoms with Crippen molar-refractivity contribution in [2.75, 3.05) is 13.6 Å². The third-order valence-electron chi connectivity index (χ3n) is 3.88. The number of hydrogen-bond donors (Lipinski definition) is 1. The first-order valence-corrected chi connectivity index (χ1v) is 8.11. The summed E-state index contributed by atoms with van der Waals surface area (Å²) < 4.78 is 5.20. The summed E-state index contributed by atoms with van der Waals surface area (Å²) in [6.07, 6.45) is 2.01. The zero-order chi connectivity index (χ0) is 17.3. The normalized spacial score (nSPS) is 13.6. The quantitative estimate of drug-likeness (QED) is 0.902. The number of likely N-dealkylation sites (N-methyl/N-ethyl adjacent to an activating group) is 1. The lowest BCUT2D eigenvalue weighted by molar-refractivity contribution is -0.121. The largest absolute Gasteiger partial charge is 0.360 e. The van der Waals surface area contributed by atoms with Crippen LogP contribution in [0.3, 0.4) is 0 Å². The number of amides is 2. The molecule has 126 valence electrons. The lowest BCUT2D eigenvalue weighted by Crippen LogP contribution is -2.39. The van der Waals surface area contributed by atoms with Crippen molar-refractivity contribution >= 4 is 23.4 Å². The molecule has 0 aliphatic heterocycles. The SMILES string of the molecule is Cc1onc(-c2ccccc2Cl)c1C(=O)N(C)CC(=O)NC1CC1. The Bertz CT molecular complexity index is 783. The number of nitrogens with one attached hydrogen (secondary N) is 1. The first-order valence-electron chi connectivity index (χ1n) is 7.73. The number of hydrogen-bond acceptors (Lipinski definition) is 4. The highest BCUT2D eigenvalue weighted by molar-refractivity contribution is 6.33. The maximum Gasteiger partial charge on any atom is 0.259 e. The van der Waals surface area contributed by atoms with Gasteiger partial charge in [-0.3, -0.25) is 9.59 Å². The molecule has 1 aliphatic carbocycles. The Kier molecular flexibility index (Phi) is 4.57. The molecular formula is C17H18ClN3O3. The Morgan fingerprint density at radius 3 is 2.75 bits per heavy atom. The number of halogens is 1. The van der Waals surface area contributed by atoms with Crippen LogP contribution in [0.4, 0.5) is 0 Å². The molecule has 1 aliphatic rings. The lowest BCUT2D eigenvalue weighted by Gasteiger charge is -2.17. The van der Waals surface area contributed by atoms with Gasteiger partial charge in [0.05, 0.1) is 11.6 Å². The van der Waals surface area contributed by atoms with Gasteiger partial charge in [0, 0.05) is 18.7 Å². The fourth-order valence-corrected chi connectivity index (χ4v) is 2.67. The second-order valence-corrected chi connectivity index (χ2v) is 6.35. The molecule has 1 N–H and O–H groups in total. The molecule has 1 heterocycles. The van der Waals surface area contributed by atoms with Crippen LogP contribution in [0.1, 0.15) is 29.0 Å². The van der Waals surface area contributed by atoms with E-state index in [1.165, 1.54) is 4.90 Å². The van der Waals surface area contributed by atoms with Gasteiger partial charge in [0.1, 0.15) is 17.0 Å². The van der Waals surface area contributed by atoms with Gasteiger partial charge in [-0.05, 0) is 25.8 Å². The molecule has 0 atom stereocenters. The molecule has 1 aromatic carbocycles. The molecular weight excluding hydrogens is 330 g/mol. The maximum atomic E-state index is 12.8. The van der Waals surface area contributed by atoms with Crippen LogP contribution < -0.4 is 5.32 Å². The van der Waals surface area contributed by atoms with Crippen LogP contribution in [0, 0.1) is 6.92 Å². The van der Waals surface area contributed by atoms with Gasteiger partial charge in [-0.25, -0.2) is 0 Å². The van der Waals surface area contributed by atoms with Gasteiger partial charge in [-0.15, -0.1) is 0 Å². The van der Waals surface area contributed by atoms with E-state index in [2.05, 4.69) is 10.5 Å². The summed E-state index contributed by atoms with van der Waals surface area (Å²) in [5.41, 5.74) is 1.33. The average Bonchev–Trinajstić information content (AvgIpc) is 3.27. The maximum absolute atomic E-state index is 12.8. The van der Waals surface area contributed by atoms with Crippen molar-refractivity contribution in [3.8, 4) is 11.3 Å². The van der Waals surface area contributed by atoms with Gasteiger partial charge >= 0.3 is 0 Å². The van der Waals surface area contributed by atoms with Gasteiger partial charge in [-0.2, -0.15) is 0 Å². The van der Waals surface area contributed by atoms with E-state index in [-0.39, 0.29) is 24.4 Å². The van der Waals surface area contributed by atoms with Crippen LogP contribution in [0.5, 0.6) is 0 Å². The molecule has 0 unspecified atom stereocenters. The average molecular weight is 348 g/mol. The van der Waals surface area contributed by atoms with Crippen LogP contribution in [0.15, 0.2) is 28.8 Å². The van der Waals surface area contributed by atoms with Crippen molar-refractivity contribution in [1.82, 2.24) is 15.4 Å². The van der Waals surface area contributed by atoms with Crippen LogP contribution in [-0.4, -0.2) is 41.5 Å². The first kappa shape index (κ1) is 16.5. The van der Waals surface area contributed by atoms with E-state index in [9.17, 15) is 9.59 Å². The van der Waals surface area contributed by atoms with E-state index in [0.29, 0.717) is 27.6 Å². The standard InChI is InChI=1S/C17H18ClN3O3/c1-10-15(16(20-24-10)12-5-3-4-6-13(12)18)17(23)21(2)9-14(22)19-11-7-8-11/h3-6,11H,7-9H2,1-2H3,(H,19,22). The smallest absolute Gasteiger partial charge is 0.259 e. The Morgan fingerprint density at radius 1 is 1.38 bits per heavy atom. The summed E-state index contributed by atoms with van der Waals surface area (Å²) in [4.78, 5) is 26.0. The summed E-state index contributed by atoms with van der Waals surface area (Å²) in [7, 11) is 1.58. The third kappa shape index (κ3) is 3.43. The first-order chi connectivity index (χ1) is 11.5. The van der Waals surface area contributed by atoms with E-state index in [0.717, 1.165) is 12.8 Å². The second-order valence-electron chi connectivity index (χ2n) is 5.95. The van der Waals surface area contributed by atoms with Gasteiger partial charge in [0.25, 0.3) is 5.91 Å². The number of carbonyl (C=O) groups is 2.